The molecule has 0 N–H and O–H groups in total. The van der Waals surface area contributed by atoms with E-state index in [2.05, 4.69) is 42.8 Å². The Balaban J connectivity index is 1.49. The van der Waals surface area contributed by atoms with E-state index in [1.165, 1.54) is 12.0 Å². The fourth-order valence-corrected chi connectivity index (χ4v) is 6.68. The average molecular weight is 391 g/mol. The maximum Gasteiger partial charge on any atom is 0.260 e. The summed E-state index contributed by atoms with van der Waals surface area (Å²) in [7, 11) is -1.09. The molecule has 0 aromatic heterocycles. The van der Waals surface area contributed by atoms with Crippen LogP contribution in [0.15, 0.2) is 30.3 Å². The standard InChI is InChI=1S/C21H30NO4P/c1-4-18-20(15(3)19(24-18)13-14(2)23)25-27-22-12-8-11-17(22)21(26-27)16-9-6-5-7-10-16/h5-7,9-10,15,17-21H,4,8,11-13H2,1-3H3/t15?,17-,18-,19+,20-,21+,27-/m1/s1. The van der Waals surface area contributed by atoms with Crippen LogP contribution in [0.1, 0.15) is 58.1 Å². The van der Waals surface area contributed by atoms with Crippen molar-refractivity contribution in [1.29, 1.82) is 0 Å². The highest BCUT2D eigenvalue weighted by atomic mass is 31.2. The van der Waals surface area contributed by atoms with Gasteiger partial charge in [-0.3, -0.25) is 4.79 Å². The molecule has 1 aromatic rings. The minimum atomic E-state index is -1.09. The van der Waals surface area contributed by atoms with Crippen LogP contribution in [0, 0.1) is 5.92 Å². The predicted molar refractivity (Wildman–Crippen MR) is 105 cm³/mol. The van der Waals surface area contributed by atoms with Crippen molar-refractivity contribution in [3.05, 3.63) is 35.9 Å². The third-order valence-electron chi connectivity index (χ3n) is 6.08. The number of Topliss-reactive ketones (excluding diaryl/α,β-unsaturated/α-hetero) is 1. The van der Waals surface area contributed by atoms with Gasteiger partial charge in [0.2, 0.25) is 0 Å². The number of carbonyl (C=O) groups is 1. The lowest BCUT2D eigenvalue weighted by molar-refractivity contribution is -0.120. The van der Waals surface area contributed by atoms with Crippen molar-refractivity contribution in [1.82, 2.24) is 4.67 Å². The summed E-state index contributed by atoms with van der Waals surface area (Å²) in [6.45, 7) is 6.94. The van der Waals surface area contributed by atoms with Crippen LogP contribution in [0.4, 0.5) is 0 Å². The molecule has 0 spiro atoms. The van der Waals surface area contributed by atoms with Gasteiger partial charge < -0.3 is 13.8 Å². The van der Waals surface area contributed by atoms with Crippen molar-refractivity contribution in [3.8, 4) is 0 Å². The van der Waals surface area contributed by atoms with Crippen molar-refractivity contribution in [2.45, 2.75) is 76.9 Å². The molecule has 3 aliphatic rings. The van der Waals surface area contributed by atoms with Gasteiger partial charge in [0.05, 0.1) is 18.3 Å². The Labute approximate surface area is 163 Å². The number of nitrogens with zero attached hydrogens (tertiary/aromatic N) is 1. The summed E-state index contributed by atoms with van der Waals surface area (Å²) in [6, 6.07) is 10.9. The minimum absolute atomic E-state index is 0.0127. The highest BCUT2D eigenvalue weighted by Crippen LogP contribution is 2.61. The predicted octanol–water partition coefficient (Wildman–Crippen LogP) is 4.63. The Hall–Kier alpha value is -0.840. The fourth-order valence-electron chi connectivity index (χ4n) is 4.62. The number of ketones is 1. The lowest BCUT2D eigenvalue weighted by Gasteiger charge is -2.27. The molecular formula is C21H30NO4P. The Bertz CT molecular complexity index is 657. The van der Waals surface area contributed by atoms with Crippen molar-refractivity contribution in [3.63, 3.8) is 0 Å². The Morgan fingerprint density at radius 3 is 2.78 bits per heavy atom. The van der Waals surface area contributed by atoms with Gasteiger partial charge in [0.15, 0.2) is 0 Å². The van der Waals surface area contributed by atoms with Gasteiger partial charge in [-0.25, -0.2) is 4.67 Å². The summed E-state index contributed by atoms with van der Waals surface area (Å²) in [5.41, 5.74) is 1.24. The molecule has 3 aliphatic heterocycles. The second kappa shape index (κ2) is 8.26. The minimum Gasteiger partial charge on any atom is -0.371 e. The lowest BCUT2D eigenvalue weighted by Crippen LogP contribution is -2.30. The molecule has 1 unspecified atom stereocenters. The molecule has 148 valence electrons. The highest BCUT2D eigenvalue weighted by Gasteiger charge is 2.51. The lowest BCUT2D eigenvalue weighted by atomic mass is 9.95. The van der Waals surface area contributed by atoms with E-state index in [1.54, 1.807) is 6.92 Å². The van der Waals surface area contributed by atoms with Crippen molar-refractivity contribution >= 4 is 14.3 Å². The van der Waals surface area contributed by atoms with Gasteiger partial charge in [-0.1, -0.05) is 44.2 Å². The van der Waals surface area contributed by atoms with E-state index < -0.39 is 8.53 Å². The molecule has 0 aliphatic carbocycles. The van der Waals surface area contributed by atoms with E-state index in [4.69, 9.17) is 13.8 Å². The van der Waals surface area contributed by atoms with Gasteiger partial charge >= 0.3 is 0 Å². The monoisotopic (exact) mass is 391 g/mol. The van der Waals surface area contributed by atoms with E-state index >= 15 is 0 Å². The van der Waals surface area contributed by atoms with Gasteiger partial charge in [-0.2, -0.15) is 0 Å². The molecule has 3 saturated heterocycles. The third-order valence-corrected chi connectivity index (χ3v) is 7.83. The number of hydrogen-bond acceptors (Lipinski definition) is 5. The summed E-state index contributed by atoms with van der Waals surface area (Å²) < 4.78 is 21.7. The second-order valence-corrected chi connectivity index (χ2v) is 9.41. The average Bonchev–Trinajstić information content (AvgIpc) is 3.33. The molecule has 3 fully saturated rings. The molecule has 6 heteroatoms. The van der Waals surface area contributed by atoms with Gasteiger partial charge in [-0.15, -0.1) is 0 Å². The number of fused-ring (bicyclic) bond motifs is 1. The van der Waals surface area contributed by atoms with Crippen LogP contribution < -0.4 is 0 Å². The molecule has 1 aromatic carbocycles. The molecule has 0 radical (unpaired) electrons. The van der Waals surface area contributed by atoms with E-state index in [9.17, 15) is 4.79 Å². The first-order valence-electron chi connectivity index (χ1n) is 10.2. The van der Waals surface area contributed by atoms with E-state index in [-0.39, 0.29) is 36.1 Å². The Kier molecular flexibility index (Phi) is 5.96. The van der Waals surface area contributed by atoms with Crippen LogP contribution in [0.2, 0.25) is 0 Å². The summed E-state index contributed by atoms with van der Waals surface area (Å²) in [5.74, 6) is 0.371. The van der Waals surface area contributed by atoms with Crippen LogP contribution >= 0.6 is 8.53 Å². The molecule has 4 rings (SSSR count). The summed E-state index contributed by atoms with van der Waals surface area (Å²) in [4.78, 5) is 11.6. The number of carbonyl (C=O) groups excluding carboxylic acids is 1. The van der Waals surface area contributed by atoms with Gasteiger partial charge in [0.25, 0.3) is 8.53 Å². The first-order valence-corrected chi connectivity index (χ1v) is 11.3. The topological polar surface area (TPSA) is 48.0 Å². The number of hydrogen-bond donors (Lipinski definition) is 0. The number of benzene rings is 1. The first-order chi connectivity index (χ1) is 13.1. The maximum atomic E-state index is 11.6. The zero-order valence-corrected chi connectivity index (χ0v) is 17.3. The Morgan fingerprint density at radius 1 is 1.30 bits per heavy atom. The summed E-state index contributed by atoms with van der Waals surface area (Å²) in [6.07, 6.45) is 3.77. The fraction of sp³-hybridized carbons (Fsp3) is 0.667. The smallest absolute Gasteiger partial charge is 0.260 e. The zero-order chi connectivity index (χ0) is 19.0. The molecule has 5 nitrogen and oxygen atoms in total. The number of rotatable bonds is 6. The second-order valence-electron chi connectivity index (χ2n) is 8.00. The molecule has 27 heavy (non-hydrogen) atoms. The molecule has 0 bridgehead atoms. The highest BCUT2D eigenvalue weighted by molar-refractivity contribution is 7.44. The molecule has 3 heterocycles. The van der Waals surface area contributed by atoms with Crippen LogP contribution in [-0.4, -0.2) is 41.4 Å². The molecule has 0 amide bonds. The Morgan fingerprint density at radius 2 is 2.07 bits per heavy atom. The normalized spacial score (nSPS) is 39.0. The molecular weight excluding hydrogens is 361 g/mol. The zero-order valence-electron chi connectivity index (χ0n) is 16.4. The molecule has 0 saturated carbocycles. The van der Waals surface area contributed by atoms with Crippen LogP contribution in [0.25, 0.3) is 0 Å². The van der Waals surface area contributed by atoms with Gasteiger partial charge in [0.1, 0.15) is 11.9 Å². The number of ether oxygens (including phenoxy) is 1. The quantitative estimate of drug-likeness (QED) is 0.662. The van der Waals surface area contributed by atoms with E-state index in [0.717, 1.165) is 19.4 Å². The largest absolute Gasteiger partial charge is 0.371 e. The van der Waals surface area contributed by atoms with Crippen LogP contribution in [0.3, 0.4) is 0 Å². The van der Waals surface area contributed by atoms with Crippen LogP contribution in [-0.2, 0) is 18.6 Å². The van der Waals surface area contributed by atoms with E-state index in [1.807, 2.05) is 6.07 Å². The van der Waals surface area contributed by atoms with Crippen LogP contribution in [0.5, 0.6) is 0 Å². The van der Waals surface area contributed by atoms with Crippen molar-refractivity contribution < 1.29 is 18.6 Å². The van der Waals surface area contributed by atoms with E-state index in [0.29, 0.717) is 12.5 Å². The van der Waals surface area contributed by atoms with Crippen molar-refractivity contribution in [2.24, 2.45) is 5.92 Å². The third kappa shape index (κ3) is 3.86. The first kappa shape index (κ1) is 19.5. The summed E-state index contributed by atoms with van der Waals surface area (Å²) in [5, 5.41) is 0. The van der Waals surface area contributed by atoms with Gasteiger partial charge in [-0.05, 0) is 31.7 Å². The van der Waals surface area contributed by atoms with Crippen molar-refractivity contribution in [2.75, 3.05) is 6.54 Å². The maximum absolute atomic E-state index is 11.6. The SMILES string of the molecule is CC[C@H]1O[C@@H](CC(C)=O)C(C)[C@H]1O[P@]1O[C@@H](c2ccccc2)[C@H]2CCCN21. The molecule has 7 atom stereocenters. The van der Waals surface area contributed by atoms with Gasteiger partial charge in [0, 0.05) is 24.9 Å². The summed E-state index contributed by atoms with van der Waals surface area (Å²) >= 11 is 0.